The van der Waals surface area contributed by atoms with Crippen LogP contribution in [0.5, 0.6) is 0 Å². The third-order valence-corrected chi connectivity index (χ3v) is 3.60. The van der Waals surface area contributed by atoms with Gasteiger partial charge in [0.25, 0.3) is 0 Å². The van der Waals surface area contributed by atoms with E-state index < -0.39 is 0 Å². The molecule has 0 amide bonds. The minimum atomic E-state index is 0.851. The average molecular weight is 289 g/mol. The zero-order valence-electron chi connectivity index (χ0n) is 12.7. The van der Waals surface area contributed by atoms with Gasteiger partial charge in [-0.2, -0.15) is 0 Å². The molecule has 0 atom stereocenters. The molecule has 2 aromatic carbocycles. The number of rotatable bonds is 5. The summed E-state index contributed by atoms with van der Waals surface area (Å²) < 4.78 is 0. The van der Waals surface area contributed by atoms with E-state index in [1.165, 1.54) is 5.56 Å². The zero-order valence-corrected chi connectivity index (χ0v) is 12.7. The van der Waals surface area contributed by atoms with Crippen molar-refractivity contribution in [2.24, 2.45) is 0 Å². The summed E-state index contributed by atoms with van der Waals surface area (Å²) in [6.07, 6.45) is 0.975. The van der Waals surface area contributed by atoms with Crippen molar-refractivity contribution in [1.29, 1.82) is 0 Å². The Bertz CT molecular complexity index is 724. The fourth-order valence-electron chi connectivity index (χ4n) is 2.38. The average Bonchev–Trinajstić information content (AvgIpc) is 2.58. The fraction of sp³-hybridized carbons (Fsp3) is 0.158. The van der Waals surface area contributed by atoms with Crippen molar-refractivity contribution in [2.45, 2.75) is 13.3 Å². The third kappa shape index (κ3) is 3.50. The van der Waals surface area contributed by atoms with Crippen molar-refractivity contribution in [3.05, 3.63) is 77.9 Å². The number of aryl methyl sites for hydroxylation is 1. The lowest BCUT2D eigenvalue weighted by Gasteiger charge is -2.09. The van der Waals surface area contributed by atoms with Crippen LogP contribution in [0.25, 0.3) is 11.3 Å². The molecule has 1 heterocycles. The number of nitrogens with one attached hydrogen (secondary N) is 1. The highest BCUT2D eigenvalue weighted by Crippen LogP contribution is 2.19. The maximum absolute atomic E-state index is 4.32. The Morgan fingerprint density at radius 1 is 0.864 bits per heavy atom. The quantitative estimate of drug-likeness (QED) is 0.768. The fourth-order valence-corrected chi connectivity index (χ4v) is 2.38. The van der Waals surface area contributed by atoms with E-state index >= 15 is 0 Å². The third-order valence-electron chi connectivity index (χ3n) is 3.60. The molecule has 3 rings (SSSR count). The molecule has 0 unspecified atom stereocenters. The van der Waals surface area contributed by atoms with Gasteiger partial charge in [-0.15, -0.1) is 10.2 Å². The molecular formula is C19H19N3. The highest BCUT2D eigenvalue weighted by molar-refractivity contribution is 5.61. The summed E-state index contributed by atoms with van der Waals surface area (Å²) >= 11 is 0. The van der Waals surface area contributed by atoms with Gasteiger partial charge in [-0.25, -0.2) is 0 Å². The van der Waals surface area contributed by atoms with E-state index in [0.29, 0.717) is 0 Å². The van der Waals surface area contributed by atoms with Crippen molar-refractivity contribution in [3.8, 4) is 11.3 Å². The lowest BCUT2D eigenvalue weighted by atomic mass is 10.1. The summed E-state index contributed by atoms with van der Waals surface area (Å²) in [5, 5.41) is 12.0. The Balaban J connectivity index is 1.65. The second-order valence-electron chi connectivity index (χ2n) is 5.29. The van der Waals surface area contributed by atoms with E-state index in [4.69, 9.17) is 0 Å². The molecule has 1 N–H and O–H groups in total. The Morgan fingerprint density at radius 3 is 2.23 bits per heavy atom. The van der Waals surface area contributed by atoms with Gasteiger partial charge in [0.2, 0.25) is 0 Å². The molecule has 0 aliphatic carbocycles. The predicted molar refractivity (Wildman–Crippen MR) is 90.8 cm³/mol. The Kier molecular flexibility index (Phi) is 4.44. The normalized spacial score (nSPS) is 10.4. The van der Waals surface area contributed by atoms with Crippen molar-refractivity contribution < 1.29 is 0 Å². The topological polar surface area (TPSA) is 37.8 Å². The smallest absolute Gasteiger partial charge is 0.151 e. The predicted octanol–water partition coefficient (Wildman–Crippen LogP) is 4.11. The standard InChI is InChI=1S/C19H19N3/c1-15-14-18(17-10-6-3-7-11-17)21-22-19(15)20-13-12-16-8-4-2-5-9-16/h2-11,14H,12-13H2,1H3,(H,20,22). The summed E-state index contributed by atoms with van der Waals surface area (Å²) in [6.45, 7) is 2.91. The molecule has 0 radical (unpaired) electrons. The number of hydrogen-bond acceptors (Lipinski definition) is 3. The Labute approximate surface area is 131 Å². The van der Waals surface area contributed by atoms with Crippen LogP contribution in [0.1, 0.15) is 11.1 Å². The zero-order chi connectivity index (χ0) is 15.2. The van der Waals surface area contributed by atoms with Gasteiger partial charge in [-0.05, 0) is 30.5 Å². The molecule has 0 saturated heterocycles. The molecule has 3 nitrogen and oxygen atoms in total. The highest BCUT2D eigenvalue weighted by Gasteiger charge is 2.05. The first-order valence-electron chi connectivity index (χ1n) is 7.50. The molecule has 0 bridgehead atoms. The molecule has 110 valence electrons. The van der Waals surface area contributed by atoms with Crippen molar-refractivity contribution in [3.63, 3.8) is 0 Å². The van der Waals surface area contributed by atoms with Gasteiger partial charge in [0.05, 0.1) is 5.69 Å². The molecule has 22 heavy (non-hydrogen) atoms. The minimum absolute atomic E-state index is 0.851. The molecule has 0 fully saturated rings. The molecule has 3 aromatic rings. The van der Waals surface area contributed by atoms with Gasteiger partial charge in [-0.3, -0.25) is 0 Å². The van der Waals surface area contributed by atoms with E-state index in [1.807, 2.05) is 36.4 Å². The van der Waals surface area contributed by atoms with Gasteiger partial charge < -0.3 is 5.32 Å². The molecule has 1 aromatic heterocycles. The van der Waals surface area contributed by atoms with Crippen molar-refractivity contribution in [2.75, 3.05) is 11.9 Å². The number of benzene rings is 2. The van der Waals surface area contributed by atoms with Crippen LogP contribution in [0.3, 0.4) is 0 Å². The van der Waals surface area contributed by atoms with Crippen molar-refractivity contribution in [1.82, 2.24) is 10.2 Å². The highest BCUT2D eigenvalue weighted by atomic mass is 15.2. The maximum Gasteiger partial charge on any atom is 0.151 e. The van der Waals surface area contributed by atoms with E-state index in [9.17, 15) is 0 Å². The van der Waals surface area contributed by atoms with Gasteiger partial charge >= 0.3 is 0 Å². The SMILES string of the molecule is Cc1cc(-c2ccccc2)nnc1NCCc1ccccc1. The van der Waals surface area contributed by atoms with Crippen LogP contribution in [0.4, 0.5) is 5.82 Å². The van der Waals surface area contributed by atoms with Crippen LogP contribution >= 0.6 is 0 Å². The van der Waals surface area contributed by atoms with E-state index in [-0.39, 0.29) is 0 Å². The van der Waals surface area contributed by atoms with E-state index in [2.05, 4.69) is 52.8 Å². The van der Waals surface area contributed by atoms with Gasteiger partial charge in [0, 0.05) is 12.1 Å². The molecule has 0 saturated carbocycles. The second-order valence-corrected chi connectivity index (χ2v) is 5.29. The Hall–Kier alpha value is -2.68. The largest absolute Gasteiger partial charge is 0.368 e. The molecule has 0 aliphatic rings. The van der Waals surface area contributed by atoms with Crippen LogP contribution in [0, 0.1) is 6.92 Å². The summed E-state index contributed by atoms with van der Waals surface area (Å²) in [5.74, 6) is 0.857. The first-order valence-corrected chi connectivity index (χ1v) is 7.50. The number of anilines is 1. The summed E-state index contributed by atoms with van der Waals surface area (Å²) in [7, 11) is 0. The molecular weight excluding hydrogens is 270 g/mol. The van der Waals surface area contributed by atoms with Crippen LogP contribution in [-0.2, 0) is 6.42 Å². The second kappa shape index (κ2) is 6.85. The first-order chi connectivity index (χ1) is 10.8. The first kappa shape index (κ1) is 14.3. The number of nitrogens with zero attached hydrogens (tertiary/aromatic N) is 2. The molecule has 0 spiro atoms. The van der Waals surface area contributed by atoms with E-state index in [1.54, 1.807) is 0 Å². The summed E-state index contributed by atoms with van der Waals surface area (Å²) in [4.78, 5) is 0. The van der Waals surface area contributed by atoms with E-state index in [0.717, 1.165) is 35.6 Å². The lowest BCUT2D eigenvalue weighted by Crippen LogP contribution is -2.08. The summed E-state index contributed by atoms with van der Waals surface area (Å²) in [6, 6.07) is 22.6. The Morgan fingerprint density at radius 2 is 1.55 bits per heavy atom. The van der Waals surface area contributed by atoms with Crippen molar-refractivity contribution >= 4 is 5.82 Å². The molecule has 3 heteroatoms. The minimum Gasteiger partial charge on any atom is -0.368 e. The number of aromatic nitrogens is 2. The number of hydrogen-bond donors (Lipinski definition) is 1. The maximum atomic E-state index is 4.32. The van der Waals surface area contributed by atoms with Crippen LogP contribution in [-0.4, -0.2) is 16.7 Å². The summed E-state index contributed by atoms with van der Waals surface area (Å²) in [5.41, 5.74) is 4.43. The van der Waals surface area contributed by atoms with Gasteiger partial charge in [0.1, 0.15) is 0 Å². The monoisotopic (exact) mass is 289 g/mol. The van der Waals surface area contributed by atoms with Crippen LogP contribution < -0.4 is 5.32 Å². The van der Waals surface area contributed by atoms with Gasteiger partial charge in [0.15, 0.2) is 5.82 Å². The molecule has 0 aliphatic heterocycles. The van der Waals surface area contributed by atoms with Gasteiger partial charge in [-0.1, -0.05) is 60.7 Å². The van der Waals surface area contributed by atoms with Crippen LogP contribution in [0.15, 0.2) is 66.7 Å². The lowest BCUT2D eigenvalue weighted by molar-refractivity contribution is 0.960. The van der Waals surface area contributed by atoms with Crippen LogP contribution in [0.2, 0.25) is 0 Å².